The number of hydrogen-bond acceptors (Lipinski definition) is 4. The molecule has 1 aromatic carbocycles. The minimum Gasteiger partial charge on any atom is -0.325 e. The van der Waals surface area contributed by atoms with Crippen LogP contribution in [-0.2, 0) is 14.8 Å². The summed E-state index contributed by atoms with van der Waals surface area (Å²) in [5.41, 5.74) is 0.655. The molecule has 1 aromatic rings. The highest BCUT2D eigenvalue weighted by molar-refractivity contribution is 7.88. The van der Waals surface area contributed by atoms with Gasteiger partial charge in [-0.05, 0) is 18.2 Å². The maximum atomic E-state index is 11.9. The summed E-state index contributed by atoms with van der Waals surface area (Å²) in [6.45, 7) is 2.18. The Balaban J connectivity index is 1.82. The fourth-order valence-corrected chi connectivity index (χ4v) is 3.21. The quantitative estimate of drug-likeness (QED) is 0.888. The van der Waals surface area contributed by atoms with Crippen molar-refractivity contribution in [2.75, 3.05) is 44.3 Å². The molecular weight excluding hydrogens is 314 g/mol. The summed E-state index contributed by atoms with van der Waals surface area (Å²) in [6.07, 6.45) is 1.20. The lowest BCUT2D eigenvalue weighted by Gasteiger charge is -2.32. The van der Waals surface area contributed by atoms with Crippen LogP contribution < -0.4 is 5.32 Å². The summed E-state index contributed by atoms with van der Waals surface area (Å²) in [4.78, 5) is 13.9. The Hall–Kier alpha value is -1.15. The van der Waals surface area contributed by atoms with Crippen molar-refractivity contribution < 1.29 is 13.2 Å². The maximum Gasteiger partial charge on any atom is 0.238 e. The fraction of sp³-hybridized carbons (Fsp3) is 0.462. The van der Waals surface area contributed by atoms with Gasteiger partial charge in [-0.15, -0.1) is 0 Å². The van der Waals surface area contributed by atoms with E-state index < -0.39 is 10.0 Å². The van der Waals surface area contributed by atoms with Gasteiger partial charge in [-0.3, -0.25) is 9.69 Å². The number of carbonyl (C=O) groups excluding carboxylic acids is 1. The van der Waals surface area contributed by atoms with Crippen molar-refractivity contribution in [3.05, 3.63) is 29.3 Å². The van der Waals surface area contributed by atoms with Crippen molar-refractivity contribution in [3.63, 3.8) is 0 Å². The Morgan fingerprint density at radius 3 is 2.52 bits per heavy atom. The molecule has 1 aliphatic rings. The number of piperazine rings is 1. The summed E-state index contributed by atoms with van der Waals surface area (Å²) in [7, 11) is -3.14. The topological polar surface area (TPSA) is 69.7 Å². The molecule has 1 fully saturated rings. The van der Waals surface area contributed by atoms with E-state index in [1.807, 2.05) is 4.90 Å². The lowest BCUT2D eigenvalue weighted by molar-refractivity contribution is -0.117. The third-order valence-electron chi connectivity index (χ3n) is 3.28. The summed E-state index contributed by atoms with van der Waals surface area (Å²) >= 11 is 5.85. The van der Waals surface area contributed by atoms with Gasteiger partial charge in [-0.2, -0.15) is 4.31 Å². The molecule has 1 amide bonds. The monoisotopic (exact) mass is 331 g/mol. The Bertz CT molecular complexity index is 613. The minimum atomic E-state index is -3.14. The second-order valence-corrected chi connectivity index (χ2v) is 7.42. The van der Waals surface area contributed by atoms with Gasteiger partial charge in [0.2, 0.25) is 15.9 Å². The predicted octanol–water partition coefficient (Wildman–Crippen LogP) is 0.856. The first-order valence-electron chi connectivity index (χ1n) is 6.57. The van der Waals surface area contributed by atoms with E-state index in [2.05, 4.69) is 5.32 Å². The number of amides is 1. The average molecular weight is 332 g/mol. The highest BCUT2D eigenvalue weighted by Gasteiger charge is 2.24. The number of hydrogen-bond donors (Lipinski definition) is 1. The molecule has 0 aliphatic carbocycles. The highest BCUT2D eigenvalue weighted by Crippen LogP contribution is 2.15. The molecule has 1 aliphatic heterocycles. The molecule has 1 N–H and O–H groups in total. The first-order chi connectivity index (χ1) is 9.84. The number of nitrogens with one attached hydrogen (secondary N) is 1. The summed E-state index contributed by atoms with van der Waals surface area (Å²) in [6, 6.07) is 6.96. The number of benzene rings is 1. The number of nitrogens with zero attached hydrogens (tertiary/aromatic N) is 2. The minimum absolute atomic E-state index is 0.134. The Morgan fingerprint density at radius 1 is 1.29 bits per heavy atom. The van der Waals surface area contributed by atoms with E-state index in [9.17, 15) is 13.2 Å². The van der Waals surface area contributed by atoms with Crippen LogP contribution in [0.5, 0.6) is 0 Å². The van der Waals surface area contributed by atoms with Gasteiger partial charge in [0.05, 0.1) is 12.8 Å². The van der Waals surface area contributed by atoms with Crippen molar-refractivity contribution in [3.8, 4) is 0 Å². The Labute approximate surface area is 129 Å². The zero-order valence-electron chi connectivity index (χ0n) is 11.8. The molecule has 0 bridgehead atoms. The van der Waals surface area contributed by atoms with Gasteiger partial charge in [-0.1, -0.05) is 17.7 Å². The van der Waals surface area contributed by atoms with Crippen LogP contribution in [0.3, 0.4) is 0 Å². The van der Waals surface area contributed by atoms with E-state index in [0.717, 1.165) is 0 Å². The van der Waals surface area contributed by atoms with Gasteiger partial charge < -0.3 is 5.32 Å². The van der Waals surface area contributed by atoms with Gasteiger partial charge in [0.1, 0.15) is 0 Å². The number of carbonyl (C=O) groups is 1. The van der Waals surface area contributed by atoms with E-state index in [1.165, 1.54) is 10.6 Å². The first kappa shape index (κ1) is 16.2. The van der Waals surface area contributed by atoms with E-state index >= 15 is 0 Å². The van der Waals surface area contributed by atoms with Gasteiger partial charge in [0, 0.05) is 36.9 Å². The predicted molar refractivity (Wildman–Crippen MR) is 82.9 cm³/mol. The second kappa shape index (κ2) is 6.74. The van der Waals surface area contributed by atoms with E-state index in [1.54, 1.807) is 24.3 Å². The van der Waals surface area contributed by atoms with Crippen molar-refractivity contribution >= 4 is 33.2 Å². The summed E-state index contributed by atoms with van der Waals surface area (Å²) in [5, 5.41) is 3.34. The summed E-state index contributed by atoms with van der Waals surface area (Å²) < 4.78 is 24.2. The number of rotatable bonds is 4. The number of halogens is 1. The normalized spacial score (nSPS) is 17.6. The van der Waals surface area contributed by atoms with Gasteiger partial charge >= 0.3 is 0 Å². The number of sulfonamides is 1. The molecule has 1 heterocycles. The largest absolute Gasteiger partial charge is 0.325 e. The van der Waals surface area contributed by atoms with Crippen LogP contribution in [-0.4, -0.2) is 62.5 Å². The lowest BCUT2D eigenvalue weighted by Crippen LogP contribution is -2.50. The van der Waals surface area contributed by atoms with E-state index in [4.69, 9.17) is 11.6 Å². The molecule has 0 aromatic heterocycles. The zero-order valence-corrected chi connectivity index (χ0v) is 13.3. The molecule has 0 spiro atoms. The molecule has 0 saturated carbocycles. The van der Waals surface area contributed by atoms with E-state index in [0.29, 0.717) is 36.9 Å². The molecule has 0 atom stereocenters. The van der Waals surface area contributed by atoms with Crippen molar-refractivity contribution in [2.24, 2.45) is 0 Å². The molecule has 116 valence electrons. The highest BCUT2D eigenvalue weighted by atomic mass is 35.5. The fourth-order valence-electron chi connectivity index (χ4n) is 2.19. The van der Waals surface area contributed by atoms with Crippen molar-refractivity contribution in [1.82, 2.24) is 9.21 Å². The lowest BCUT2D eigenvalue weighted by atomic mass is 10.3. The van der Waals surface area contributed by atoms with Crippen LogP contribution in [0.1, 0.15) is 0 Å². The van der Waals surface area contributed by atoms with Crippen LogP contribution in [0.4, 0.5) is 5.69 Å². The molecule has 6 nitrogen and oxygen atoms in total. The zero-order chi connectivity index (χ0) is 15.5. The van der Waals surface area contributed by atoms with Gasteiger partial charge in [-0.25, -0.2) is 8.42 Å². The molecular formula is C13H18ClN3O3S. The van der Waals surface area contributed by atoms with Gasteiger partial charge in [0.15, 0.2) is 0 Å². The van der Waals surface area contributed by atoms with Crippen molar-refractivity contribution in [1.29, 1.82) is 0 Å². The van der Waals surface area contributed by atoms with Crippen LogP contribution in [0.25, 0.3) is 0 Å². The molecule has 0 unspecified atom stereocenters. The molecule has 2 rings (SSSR count). The van der Waals surface area contributed by atoms with Gasteiger partial charge in [0.25, 0.3) is 0 Å². The number of anilines is 1. The Kier molecular flexibility index (Phi) is 5.21. The molecule has 21 heavy (non-hydrogen) atoms. The second-order valence-electron chi connectivity index (χ2n) is 5.00. The van der Waals surface area contributed by atoms with E-state index in [-0.39, 0.29) is 12.5 Å². The molecule has 0 radical (unpaired) electrons. The van der Waals surface area contributed by atoms with Crippen LogP contribution in [0.2, 0.25) is 5.02 Å². The van der Waals surface area contributed by atoms with Crippen LogP contribution >= 0.6 is 11.6 Å². The first-order valence-corrected chi connectivity index (χ1v) is 8.80. The van der Waals surface area contributed by atoms with Crippen LogP contribution in [0, 0.1) is 0 Å². The smallest absolute Gasteiger partial charge is 0.238 e. The standard InChI is InChI=1S/C13H18ClN3O3S/c1-21(19,20)17-7-5-16(6-8-17)10-13(18)15-12-4-2-3-11(14)9-12/h2-4,9H,5-8,10H2,1H3,(H,15,18). The maximum absolute atomic E-state index is 11.9. The SMILES string of the molecule is CS(=O)(=O)N1CCN(CC(=O)Nc2cccc(Cl)c2)CC1. The van der Waals surface area contributed by atoms with Crippen molar-refractivity contribution in [2.45, 2.75) is 0 Å². The summed E-state index contributed by atoms with van der Waals surface area (Å²) in [5.74, 6) is -0.134. The molecule has 1 saturated heterocycles. The molecule has 8 heteroatoms. The van der Waals surface area contributed by atoms with Crippen LogP contribution in [0.15, 0.2) is 24.3 Å². The average Bonchev–Trinajstić information content (AvgIpc) is 2.38. The third kappa shape index (κ3) is 4.96. The Morgan fingerprint density at radius 2 is 1.95 bits per heavy atom. The third-order valence-corrected chi connectivity index (χ3v) is 4.81.